The summed E-state index contributed by atoms with van der Waals surface area (Å²) >= 11 is 1.56. The summed E-state index contributed by atoms with van der Waals surface area (Å²) in [5, 5.41) is 3.19. The van der Waals surface area contributed by atoms with Crippen LogP contribution in [0.4, 0.5) is 5.69 Å². The first-order chi connectivity index (χ1) is 12.7. The molecule has 1 atom stereocenters. The van der Waals surface area contributed by atoms with E-state index in [2.05, 4.69) is 34.5 Å². The van der Waals surface area contributed by atoms with E-state index in [1.54, 1.807) is 11.8 Å². The maximum Gasteiger partial charge on any atom is 0.230 e. The van der Waals surface area contributed by atoms with Gasteiger partial charge in [0.2, 0.25) is 5.91 Å². The van der Waals surface area contributed by atoms with E-state index in [0.717, 1.165) is 36.6 Å². The van der Waals surface area contributed by atoms with Crippen molar-refractivity contribution in [3.63, 3.8) is 0 Å². The molecular formula is C21H26N2O2S. The summed E-state index contributed by atoms with van der Waals surface area (Å²) in [4.78, 5) is 15.8. The molecule has 1 heterocycles. The average molecular weight is 371 g/mol. The van der Waals surface area contributed by atoms with Gasteiger partial charge in [-0.25, -0.2) is 0 Å². The lowest BCUT2D eigenvalue weighted by Crippen LogP contribution is -2.48. The van der Waals surface area contributed by atoms with Gasteiger partial charge in [0.1, 0.15) is 5.75 Å². The molecule has 2 aromatic rings. The topological polar surface area (TPSA) is 41.6 Å². The van der Waals surface area contributed by atoms with Crippen molar-refractivity contribution in [2.45, 2.75) is 30.7 Å². The Hall–Kier alpha value is -2.14. The van der Waals surface area contributed by atoms with Gasteiger partial charge in [0, 0.05) is 29.7 Å². The van der Waals surface area contributed by atoms with Gasteiger partial charge in [0.15, 0.2) is 0 Å². The monoisotopic (exact) mass is 370 g/mol. The summed E-state index contributed by atoms with van der Waals surface area (Å²) in [6.45, 7) is 4.56. The second-order valence-electron chi connectivity index (χ2n) is 6.38. The fourth-order valence-corrected chi connectivity index (χ4v) is 3.89. The first-order valence-corrected chi connectivity index (χ1v) is 10.2. The number of thioether (sulfide) groups is 1. The first kappa shape index (κ1) is 18.6. The number of piperidine rings is 1. The normalized spacial score (nSPS) is 17.0. The number of rotatable bonds is 7. The number of para-hydroxylation sites is 1. The van der Waals surface area contributed by atoms with Crippen molar-refractivity contribution in [3.8, 4) is 5.75 Å². The standard InChI is InChI=1S/C21H26N2O2S/c1-2-25-19-10-12-20(13-11-19)26-16-21(24)22-17-7-6-14-23(15-17)18-8-4-3-5-9-18/h3-5,8-13,17H,2,6-7,14-16H2,1H3,(H,22,24). The van der Waals surface area contributed by atoms with E-state index in [-0.39, 0.29) is 11.9 Å². The van der Waals surface area contributed by atoms with Crippen molar-refractivity contribution in [1.29, 1.82) is 0 Å². The van der Waals surface area contributed by atoms with Gasteiger partial charge in [0.05, 0.1) is 12.4 Å². The van der Waals surface area contributed by atoms with E-state index in [0.29, 0.717) is 12.4 Å². The lowest BCUT2D eigenvalue weighted by Gasteiger charge is -2.34. The van der Waals surface area contributed by atoms with Gasteiger partial charge in [-0.15, -0.1) is 11.8 Å². The molecule has 138 valence electrons. The van der Waals surface area contributed by atoms with Gasteiger partial charge >= 0.3 is 0 Å². The third-order valence-corrected chi connectivity index (χ3v) is 5.42. The summed E-state index contributed by atoms with van der Waals surface area (Å²) in [5.74, 6) is 1.41. The predicted octanol–water partition coefficient (Wildman–Crippen LogP) is 3.96. The summed E-state index contributed by atoms with van der Waals surface area (Å²) in [5.41, 5.74) is 1.23. The fraction of sp³-hybridized carbons (Fsp3) is 0.381. The van der Waals surface area contributed by atoms with Crippen molar-refractivity contribution in [2.24, 2.45) is 0 Å². The number of carbonyl (C=O) groups is 1. The van der Waals surface area contributed by atoms with E-state index in [1.165, 1.54) is 5.69 Å². The lowest BCUT2D eigenvalue weighted by molar-refractivity contribution is -0.119. The second-order valence-corrected chi connectivity index (χ2v) is 7.43. The molecule has 1 amide bonds. The third kappa shape index (κ3) is 5.43. The molecule has 4 nitrogen and oxygen atoms in total. The second kappa shape index (κ2) is 9.53. The van der Waals surface area contributed by atoms with Gasteiger partial charge in [-0.1, -0.05) is 18.2 Å². The van der Waals surface area contributed by atoms with Crippen LogP contribution in [0.5, 0.6) is 5.75 Å². The zero-order valence-electron chi connectivity index (χ0n) is 15.2. The highest BCUT2D eigenvalue weighted by molar-refractivity contribution is 8.00. The molecule has 1 unspecified atom stereocenters. The van der Waals surface area contributed by atoms with Crippen LogP contribution in [0.2, 0.25) is 0 Å². The van der Waals surface area contributed by atoms with Gasteiger partial charge < -0.3 is 15.0 Å². The minimum Gasteiger partial charge on any atom is -0.494 e. The molecule has 1 N–H and O–H groups in total. The van der Waals surface area contributed by atoms with Crippen LogP contribution < -0.4 is 15.0 Å². The Balaban J connectivity index is 1.45. The van der Waals surface area contributed by atoms with Crippen molar-refractivity contribution in [1.82, 2.24) is 5.32 Å². The largest absolute Gasteiger partial charge is 0.494 e. The SMILES string of the molecule is CCOc1ccc(SCC(=O)NC2CCCN(c3ccccc3)C2)cc1. The molecule has 1 saturated heterocycles. The van der Waals surface area contributed by atoms with Crippen LogP contribution in [-0.2, 0) is 4.79 Å². The molecule has 1 fully saturated rings. The molecule has 1 aliphatic rings. The summed E-state index contributed by atoms with van der Waals surface area (Å²) in [6.07, 6.45) is 2.15. The molecule has 3 rings (SSSR count). The number of nitrogens with one attached hydrogen (secondary N) is 1. The molecule has 0 spiro atoms. The van der Waals surface area contributed by atoms with E-state index in [1.807, 2.05) is 37.3 Å². The van der Waals surface area contributed by atoms with Crippen molar-refractivity contribution in [3.05, 3.63) is 54.6 Å². The zero-order chi connectivity index (χ0) is 18.2. The van der Waals surface area contributed by atoms with Crippen LogP contribution >= 0.6 is 11.8 Å². The van der Waals surface area contributed by atoms with Gasteiger partial charge in [-0.3, -0.25) is 4.79 Å². The smallest absolute Gasteiger partial charge is 0.230 e. The van der Waals surface area contributed by atoms with Crippen LogP contribution in [-0.4, -0.2) is 37.4 Å². The van der Waals surface area contributed by atoms with Crippen molar-refractivity contribution in [2.75, 3.05) is 30.3 Å². The highest BCUT2D eigenvalue weighted by Gasteiger charge is 2.21. The molecule has 0 aromatic heterocycles. The van der Waals surface area contributed by atoms with Crippen LogP contribution in [0.3, 0.4) is 0 Å². The zero-order valence-corrected chi connectivity index (χ0v) is 16.0. The lowest BCUT2D eigenvalue weighted by atomic mass is 10.0. The number of carbonyl (C=O) groups excluding carboxylic acids is 1. The average Bonchev–Trinajstić information content (AvgIpc) is 2.69. The molecule has 0 radical (unpaired) electrons. The third-order valence-electron chi connectivity index (χ3n) is 4.41. The fourth-order valence-electron chi connectivity index (χ4n) is 3.19. The maximum absolute atomic E-state index is 12.3. The number of anilines is 1. The first-order valence-electron chi connectivity index (χ1n) is 9.19. The Morgan fingerprint density at radius 1 is 1.19 bits per heavy atom. The predicted molar refractivity (Wildman–Crippen MR) is 108 cm³/mol. The number of hydrogen-bond acceptors (Lipinski definition) is 4. The molecule has 0 aliphatic carbocycles. The highest BCUT2D eigenvalue weighted by Crippen LogP contribution is 2.22. The number of ether oxygens (including phenoxy) is 1. The molecule has 1 aliphatic heterocycles. The molecule has 0 saturated carbocycles. The van der Waals surface area contributed by atoms with Gasteiger partial charge in [0.25, 0.3) is 0 Å². The number of benzene rings is 2. The summed E-state index contributed by atoms with van der Waals surface area (Å²) < 4.78 is 5.44. The van der Waals surface area contributed by atoms with E-state index < -0.39 is 0 Å². The molecule has 26 heavy (non-hydrogen) atoms. The van der Waals surface area contributed by atoms with Crippen LogP contribution in [0, 0.1) is 0 Å². The van der Waals surface area contributed by atoms with E-state index in [9.17, 15) is 4.79 Å². The minimum absolute atomic E-state index is 0.101. The Kier molecular flexibility index (Phi) is 6.83. The number of hydrogen-bond donors (Lipinski definition) is 1. The van der Waals surface area contributed by atoms with E-state index in [4.69, 9.17) is 4.74 Å². The maximum atomic E-state index is 12.3. The number of nitrogens with zero attached hydrogens (tertiary/aromatic N) is 1. The molecular weight excluding hydrogens is 344 g/mol. The molecule has 5 heteroatoms. The minimum atomic E-state index is 0.101. The van der Waals surface area contributed by atoms with Crippen LogP contribution in [0.25, 0.3) is 0 Å². The Bertz CT molecular complexity index is 691. The number of amides is 1. The van der Waals surface area contributed by atoms with E-state index >= 15 is 0 Å². The Morgan fingerprint density at radius 2 is 1.96 bits per heavy atom. The Morgan fingerprint density at radius 3 is 2.69 bits per heavy atom. The summed E-state index contributed by atoms with van der Waals surface area (Å²) in [6, 6.07) is 18.5. The van der Waals surface area contributed by atoms with Gasteiger partial charge in [-0.2, -0.15) is 0 Å². The molecule has 0 bridgehead atoms. The molecule has 2 aromatic carbocycles. The van der Waals surface area contributed by atoms with Crippen molar-refractivity contribution >= 4 is 23.4 Å². The van der Waals surface area contributed by atoms with Crippen molar-refractivity contribution < 1.29 is 9.53 Å². The van der Waals surface area contributed by atoms with Crippen LogP contribution in [0.1, 0.15) is 19.8 Å². The Labute approximate surface area is 159 Å². The highest BCUT2D eigenvalue weighted by atomic mass is 32.2. The quantitative estimate of drug-likeness (QED) is 0.749. The van der Waals surface area contributed by atoms with Crippen LogP contribution in [0.15, 0.2) is 59.5 Å². The van der Waals surface area contributed by atoms with Gasteiger partial charge in [-0.05, 0) is 56.2 Å². The summed E-state index contributed by atoms with van der Waals surface area (Å²) in [7, 11) is 0.